The Morgan fingerprint density at radius 1 is 1.09 bits per heavy atom. The van der Waals surface area contributed by atoms with Crippen LogP contribution in [0.25, 0.3) is 0 Å². The highest BCUT2D eigenvalue weighted by atomic mass is 19.1. The number of hydrogen-bond acceptors (Lipinski definition) is 3. The lowest BCUT2D eigenvalue weighted by Gasteiger charge is -2.25. The summed E-state index contributed by atoms with van der Waals surface area (Å²) >= 11 is 0. The fraction of sp³-hybridized carbons (Fsp3) is 0.333. The van der Waals surface area contributed by atoms with Crippen molar-refractivity contribution in [3.8, 4) is 0 Å². The molecular formula is C18H22FNO2. The molecule has 0 fully saturated rings. The first kappa shape index (κ1) is 16.6. The lowest BCUT2D eigenvalue weighted by atomic mass is 10.1. The molecule has 0 radical (unpaired) electrons. The molecule has 0 bridgehead atoms. The molecule has 1 N–H and O–H groups in total. The summed E-state index contributed by atoms with van der Waals surface area (Å²) in [6.45, 7) is 2.44. The summed E-state index contributed by atoms with van der Waals surface area (Å²) < 4.78 is 18.1. The average Bonchev–Trinajstić information content (AvgIpc) is 2.55. The van der Waals surface area contributed by atoms with Gasteiger partial charge in [-0.15, -0.1) is 0 Å². The minimum atomic E-state index is -0.557. The first-order valence-corrected chi connectivity index (χ1v) is 7.38. The molecule has 2 aromatic rings. The third-order valence-corrected chi connectivity index (χ3v) is 3.55. The number of halogens is 1. The van der Waals surface area contributed by atoms with E-state index in [1.54, 1.807) is 19.2 Å². The zero-order chi connectivity index (χ0) is 15.8. The zero-order valence-electron chi connectivity index (χ0n) is 12.8. The van der Waals surface area contributed by atoms with Crippen LogP contribution >= 0.6 is 0 Å². The number of benzene rings is 2. The largest absolute Gasteiger partial charge is 0.387 e. The topological polar surface area (TPSA) is 32.7 Å². The van der Waals surface area contributed by atoms with Crippen molar-refractivity contribution in [1.29, 1.82) is 0 Å². The van der Waals surface area contributed by atoms with Gasteiger partial charge in [0.2, 0.25) is 0 Å². The van der Waals surface area contributed by atoms with Crippen molar-refractivity contribution in [2.45, 2.75) is 12.6 Å². The molecule has 0 heterocycles. The van der Waals surface area contributed by atoms with E-state index in [1.165, 1.54) is 12.1 Å². The van der Waals surface area contributed by atoms with Gasteiger partial charge in [-0.25, -0.2) is 4.39 Å². The first-order valence-electron chi connectivity index (χ1n) is 7.38. The van der Waals surface area contributed by atoms with Crippen LogP contribution in [0.5, 0.6) is 0 Å². The third kappa shape index (κ3) is 5.22. The van der Waals surface area contributed by atoms with E-state index in [2.05, 4.69) is 4.90 Å². The molecule has 0 saturated carbocycles. The molecule has 4 heteroatoms. The molecule has 0 saturated heterocycles. The van der Waals surface area contributed by atoms with Crippen LogP contribution in [0.2, 0.25) is 0 Å². The molecule has 1 atom stereocenters. The first-order chi connectivity index (χ1) is 10.7. The van der Waals surface area contributed by atoms with Crippen LogP contribution in [0.15, 0.2) is 54.6 Å². The SMILES string of the molecule is COCCN(Cc1ccc(F)cc1)C[C@@H](O)c1ccccc1. The second kappa shape index (κ2) is 8.63. The summed E-state index contributed by atoms with van der Waals surface area (Å²) in [5.41, 5.74) is 1.90. The highest BCUT2D eigenvalue weighted by Gasteiger charge is 2.14. The van der Waals surface area contributed by atoms with E-state index in [4.69, 9.17) is 4.74 Å². The fourth-order valence-electron chi connectivity index (χ4n) is 2.33. The van der Waals surface area contributed by atoms with Crippen LogP contribution in [0.4, 0.5) is 4.39 Å². The van der Waals surface area contributed by atoms with E-state index in [0.29, 0.717) is 26.2 Å². The quantitative estimate of drug-likeness (QED) is 0.814. The standard InChI is InChI=1S/C18H22FNO2/c1-22-12-11-20(13-15-7-9-17(19)10-8-15)14-18(21)16-5-3-2-4-6-16/h2-10,18,21H,11-14H2,1H3/t18-/m1/s1. The van der Waals surface area contributed by atoms with E-state index in [1.807, 2.05) is 30.3 Å². The van der Waals surface area contributed by atoms with Crippen molar-refractivity contribution < 1.29 is 14.2 Å². The highest BCUT2D eigenvalue weighted by Crippen LogP contribution is 2.15. The Kier molecular flexibility index (Phi) is 6.52. The molecule has 0 aliphatic carbocycles. The summed E-state index contributed by atoms with van der Waals surface area (Å²) in [6, 6.07) is 16.0. The fourth-order valence-corrected chi connectivity index (χ4v) is 2.33. The number of aliphatic hydroxyl groups is 1. The van der Waals surface area contributed by atoms with Gasteiger partial charge in [0.25, 0.3) is 0 Å². The summed E-state index contributed by atoms with van der Waals surface area (Å²) in [7, 11) is 1.66. The van der Waals surface area contributed by atoms with Gasteiger partial charge in [0, 0.05) is 26.7 Å². The van der Waals surface area contributed by atoms with E-state index < -0.39 is 6.10 Å². The molecule has 0 spiro atoms. The second-order valence-corrected chi connectivity index (χ2v) is 5.28. The van der Waals surface area contributed by atoms with Crippen molar-refractivity contribution in [2.75, 3.05) is 26.8 Å². The normalized spacial score (nSPS) is 12.5. The predicted molar refractivity (Wildman–Crippen MR) is 85.0 cm³/mol. The van der Waals surface area contributed by atoms with Crippen molar-refractivity contribution in [3.05, 3.63) is 71.5 Å². The molecule has 2 rings (SSSR count). The Morgan fingerprint density at radius 2 is 1.77 bits per heavy atom. The molecule has 3 nitrogen and oxygen atoms in total. The summed E-state index contributed by atoms with van der Waals surface area (Å²) in [6.07, 6.45) is -0.557. The smallest absolute Gasteiger partial charge is 0.123 e. The van der Waals surface area contributed by atoms with E-state index in [-0.39, 0.29) is 5.82 Å². The van der Waals surface area contributed by atoms with Crippen LogP contribution in [0, 0.1) is 5.82 Å². The van der Waals surface area contributed by atoms with Crippen LogP contribution in [0.3, 0.4) is 0 Å². The minimum absolute atomic E-state index is 0.239. The number of methoxy groups -OCH3 is 1. The van der Waals surface area contributed by atoms with Gasteiger partial charge < -0.3 is 9.84 Å². The Labute approximate surface area is 131 Å². The van der Waals surface area contributed by atoms with Gasteiger partial charge in [-0.05, 0) is 23.3 Å². The second-order valence-electron chi connectivity index (χ2n) is 5.28. The Hall–Kier alpha value is -1.75. The molecule has 118 valence electrons. The number of hydrogen-bond donors (Lipinski definition) is 1. The lowest BCUT2D eigenvalue weighted by molar-refractivity contribution is 0.0849. The zero-order valence-corrected chi connectivity index (χ0v) is 12.8. The molecular weight excluding hydrogens is 281 g/mol. The van der Waals surface area contributed by atoms with Crippen LogP contribution in [-0.4, -0.2) is 36.8 Å². The molecule has 0 aromatic heterocycles. The highest BCUT2D eigenvalue weighted by molar-refractivity contribution is 5.18. The Morgan fingerprint density at radius 3 is 2.41 bits per heavy atom. The number of aliphatic hydroxyl groups excluding tert-OH is 1. The molecule has 2 aromatic carbocycles. The molecule has 22 heavy (non-hydrogen) atoms. The van der Waals surface area contributed by atoms with Gasteiger partial charge in [0.15, 0.2) is 0 Å². The van der Waals surface area contributed by atoms with E-state index >= 15 is 0 Å². The molecule has 0 amide bonds. The average molecular weight is 303 g/mol. The maximum atomic E-state index is 13.0. The van der Waals surface area contributed by atoms with Gasteiger partial charge in [0.1, 0.15) is 5.82 Å². The van der Waals surface area contributed by atoms with Crippen molar-refractivity contribution in [1.82, 2.24) is 4.90 Å². The number of nitrogens with zero attached hydrogens (tertiary/aromatic N) is 1. The maximum Gasteiger partial charge on any atom is 0.123 e. The molecule has 0 aliphatic heterocycles. The van der Waals surface area contributed by atoms with E-state index in [9.17, 15) is 9.50 Å². The summed E-state index contributed by atoms with van der Waals surface area (Å²) in [5.74, 6) is -0.239. The lowest BCUT2D eigenvalue weighted by Crippen LogP contribution is -2.31. The van der Waals surface area contributed by atoms with Crippen molar-refractivity contribution in [2.24, 2.45) is 0 Å². The van der Waals surface area contributed by atoms with Gasteiger partial charge in [-0.2, -0.15) is 0 Å². The predicted octanol–water partition coefficient (Wildman–Crippen LogP) is 3.01. The monoisotopic (exact) mass is 303 g/mol. The van der Waals surface area contributed by atoms with Crippen LogP contribution < -0.4 is 0 Å². The van der Waals surface area contributed by atoms with Gasteiger partial charge in [-0.1, -0.05) is 42.5 Å². The Balaban J connectivity index is 2.00. The molecule has 0 aliphatic rings. The number of ether oxygens (including phenoxy) is 1. The van der Waals surface area contributed by atoms with Gasteiger partial charge in [0.05, 0.1) is 12.7 Å². The third-order valence-electron chi connectivity index (χ3n) is 3.55. The minimum Gasteiger partial charge on any atom is -0.387 e. The van der Waals surface area contributed by atoms with Gasteiger partial charge >= 0.3 is 0 Å². The van der Waals surface area contributed by atoms with Crippen molar-refractivity contribution >= 4 is 0 Å². The maximum absolute atomic E-state index is 13.0. The Bertz CT molecular complexity index is 545. The summed E-state index contributed by atoms with van der Waals surface area (Å²) in [5, 5.41) is 10.4. The number of rotatable bonds is 8. The summed E-state index contributed by atoms with van der Waals surface area (Å²) in [4.78, 5) is 2.11. The van der Waals surface area contributed by atoms with E-state index in [0.717, 1.165) is 11.1 Å². The van der Waals surface area contributed by atoms with Crippen LogP contribution in [0.1, 0.15) is 17.2 Å². The van der Waals surface area contributed by atoms with Crippen molar-refractivity contribution in [3.63, 3.8) is 0 Å². The molecule has 0 unspecified atom stereocenters. The van der Waals surface area contributed by atoms with Crippen LogP contribution in [-0.2, 0) is 11.3 Å². The van der Waals surface area contributed by atoms with Gasteiger partial charge in [-0.3, -0.25) is 4.90 Å².